The Morgan fingerprint density at radius 1 is 1.14 bits per heavy atom. The van der Waals surface area contributed by atoms with E-state index >= 15 is 0 Å². The maximum Gasteiger partial charge on any atom is 0.260 e. The number of hydrogen-bond donors (Lipinski definition) is 0. The summed E-state index contributed by atoms with van der Waals surface area (Å²) in [6.45, 7) is 0.984. The summed E-state index contributed by atoms with van der Waals surface area (Å²) in [6.07, 6.45) is 1.43. The van der Waals surface area contributed by atoms with Crippen LogP contribution in [0.2, 0.25) is 0 Å². The molecule has 154 valence electrons. The lowest BCUT2D eigenvalue weighted by Crippen LogP contribution is -2.31. The molecule has 0 aliphatic carbocycles. The van der Waals surface area contributed by atoms with Gasteiger partial charge in [-0.15, -0.1) is 0 Å². The molecule has 0 atom stereocenters. The molecule has 29 heavy (non-hydrogen) atoms. The molecule has 1 saturated heterocycles. The van der Waals surface area contributed by atoms with E-state index in [-0.39, 0.29) is 18.4 Å². The molecule has 1 fully saturated rings. The van der Waals surface area contributed by atoms with Gasteiger partial charge >= 0.3 is 0 Å². The average Bonchev–Trinajstić information content (AvgIpc) is 3.17. The SMILES string of the molecule is COc1cccc(CN(C)C(=O)COc2cccc(N3CCCC3=O)c2)c1OC. The number of carbonyl (C=O) groups excluding carboxylic acids is 2. The summed E-state index contributed by atoms with van der Waals surface area (Å²) < 4.78 is 16.4. The van der Waals surface area contributed by atoms with Crippen LogP contribution in [0.5, 0.6) is 17.2 Å². The molecule has 0 bridgehead atoms. The highest BCUT2D eigenvalue weighted by molar-refractivity contribution is 5.95. The van der Waals surface area contributed by atoms with Gasteiger partial charge in [-0.2, -0.15) is 0 Å². The van der Waals surface area contributed by atoms with Crippen LogP contribution in [0.4, 0.5) is 5.69 Å². The minimum Gasteiger partial charge on any atom is -0.493 e. The van der Waals surface area contributed by atoms with Crippen LogP contribution in [0.25, 0.3) is 0 Å². The number of nitrogens with zero attached hydrogens (tertiary/aromatic N) is 2. The van der Waals surface area contributed by atoms with Crippen molar-refractivity contribution in [2.45, 2.75) is 19.4 Å². The van der Waals surface area contributed by atoms with E-state index in [0.717, 1.165) is 17.7 Å². The van der Waals surface area contributed by atoms with E-state index in [1.165, 1.54) is 0 Å². The van der Waals surface area contributed by atoms with Gasteiger partial charge in [-0.1, -0.05) is 18.2 Å². The first-order chi connectivity index (χ1) is 14.0. The number of benzene rings is 2. The van der Waals surface area contributed by atoms with Crippen molar-refractivity contribution in [2.75, 3.05) is 39.3 Å². The number of likely N-dealkylation sites (N-methyl/N-ethyl adjacent to an activating group) is 1. The lowest BCUT2D eigenvalue weighted by atomic mass is 10.1. The summed E-state index contributed by atoms with van der Waals surface area (Å²) >= 11 is 0. The van der Waals surface area contributed by atoms with Gasteiger partial charge in [0.25, 0.3) is 5.91 Å². The van der Waals surface area contributed by atoms with E-state index in [1.807, 2.05) is 30.3 Å². The van der Waals surface area contributed by atoms with Gasteiger partial charge in [0.05, 0.1) is 14.2 Å². The summed E-state index contributed by atoms with van der Waals surface area (Å²) in [5.41, 5.74) is 1.64. The van der Waals surface area contributed by atoms with Crippen molar-refractivity contribution in [3.8, 4) is 17.2 Å². The highest BCUT2D eigenvalue weighted by atomic mass is 16.5. The van der Waals surface area contributed by atoms with Crippen LogP contribution >= 0.6 is 0 Å². The number of anilines is 1. The summed E-state index contributed by atoms with van der Waals surface area (Å²) in [6, 6.07) is 12.8. The first kappa shape index (κ1) is 20.5. The van der Waals surface area contributed by atoms with E-state index in [4.69, 9.17) is 14.2 Å². The topological polar surface area (TPSA) is 68.3 Å². The number of para-hydroxylation sites is 1. The largest absolute Gasteiger partial charge is 0.493 e. The quantitative estimate of drug-likeness (QED) is 0.684. The van der Waals surface area contributed by atoms with Crippen LogP contribution < -0.4 is 19.1 Å². The molecule has 0 unspecified atom stereocenters. The average molecular weight is 398 g/mol. The zero-order valence-electron chi connectivity index (χ0n) is 17.0. The van der Waals surface area contributed by atoms with Crippen LogP contribution in [0, 0.1) is 0 Å². The molecule has 7 nitrogen and oxygen atoms in total. The molecule has 1 aliphatic rings. The Labute approximate surface area is 170 Å². The molecule has 1 aliphatic heterocycles. The van der Waals surface area contributed by atoms with Crippen LogP contribution in [-0.2, 0) is 16.1 Å². The fraction of sp³-hybridized carbons (Fsp3) is 0.364. The second-order valence-corrected chi connectivity index (χ2v) is 6.84. The van der Waals surface area contributed by atoms with Crippen LogP contribution in [0.15, 0.2) is 42.5 Å². The van der Waals surface area contributed by atoms with E-state index in [9.17, 15) is 9.59 Å². The van der Waals surface area contributed by atoms with Crippen molar-refractivity contribution >= 4 is 17.5 Å². The minimum atomic E-state index is -0.169. The van der Waals surface area contributed by atoms with E-state index in [0.29, 0.717) is 36.8 Å². The Bertz CT molecular complexity index is 883. The van der Waals surface area contributed by atoms with Crippen LogP contribution in [-0.4, -0.2) is 51.1 Å². The van der Waals surface area contributed by atoms with Gasteiger partial charge in [0.15, 0.2) is 18.1 Å². The number of hydrogen-bond acceptors (Lipinski definition) is 5. The summed E-state index contributed by atoms with van der Waals surface area (Å²) in [4.78, 5) is 27.8. The van der Waals surface area contributed by atoms with Gasteiger partial charge < -0.3 is 24.0 Å². The Hall–Kier alpha value is -3.22. The number of ether oxygens (including phenoxy) is 3. The molecule has 0 aromatic heterocycles. The highest BCUT2D eigenvalue weighted by Gasteiger charge is 2.22. The van der Waals surface area contributed by atoms with E-state index < -0.39 is 0 Å². The first-order valence-electron chi connectivity index (χ1n) is 9.50. The zero-order chi connectivity index (χ0) is 20.8. The van der Waals surface area contributed by atoms with E-state index in [2.05, 4.69) is 0 Å². The van der Waals surface area contributed by atoms with E-state index in [1.54, 1.807) is 43.2 Å². The molecular weight excluding hydrogens is 372 g/mol. The summed E-state index contributed by atoms with van der Waals surface area (Å²) in [7, 11) is 4.86. The monoisotopic (exact) mass is 398 g/mol. The fourth-order valence-corrected chi connectivity index (χ4v) is 3.34. The number of methoxy groups -OCH3 is 2. The lowest BCUT2D eigenvalue weighted by molar-refractivity contribution is -0.132. The Balaban J connectivity index is 1.60. The molecule has 2 aromatic rings. The smallest absolute Gasteiger partial charge is 0.260 e. The zero-order valence-corrected chi connectivity index (χ0v) is 17.0. The van der Waals surface area contributed by atoms with Crippen molar-refractivity contribution in [1.82, 2.24) is 4.90 Å². The van der Waals surface area contributed by atoms with Gasteiger partial charge in [-0.25, -0.2) is 0 Å². The summed E-state index contributed by atoms with van der Waals surface area (Å²) in [5.74, 6) is 1.74. The van der Waals surface area contributed by atoms with Gasteiger partial charge in [0.2, 0.25) is 5.91 Å². The van der Waals surface area contributed by atoms with Crippen molar-refractivity contribution in [3.05, 3.63) is 48.0 Å². The predicted octanol–water partition coefficient (Wildman–Crippen LogP) is 2.87. The fourth-order valence-electron chi connectivity index (χ4n) is 3.34. The second kappa shape index (κ2) is 9.32. The Kier molecular flexibility index (Phi) is 6.59. The van der Waals surface area contributed by atoms with Gasteiger partial charge in [-0.3, -0.25) is 9.59 Å². The second-order valence-electron chi connectivity index (χ2n) is 6.84. The molecule has 2 amide bonds. The molecule has 0 N–H and O–H groups in total. The molecule has 3 rings (SSSR count). The molecule has 2 aromatic carbocycles. The molecule has 7 heteroatoms. The van der Waals surface area contributed by atoms with Crippen molar-refractivity contribution in [1.29, 1.82) is 0 Å². The minimum absolute atomic E-state index is 0.0970. The van der Waals surface area contributed by atoms with Gasteiger partial charge in [0, 0.05) is 43.9 Å². The van der Waals surface area contributed by atoms with Crippen LogP contribution in [0.3, 0.4) is 0 Å². The lowest BCUT2D eigenvalue weighted by Gasteiger charge is -2.20. The van der Waals surface area contributed by atoms with Crippen molar-refractivity contribution in [2.24, 2.45) is 0 Å². The maximum absolute atomic E-state index is 12.5. The third-order valence-electron chi connectivity index (χ3n) is 4.88. The standard InChI is InChI=1S/C22H26N2O5/c1-23(14-16-7-4-10-19(27-2)22(16)28-3)21(26)15-29-18-9-5-8-17(13-18)24-12-6-11-20(24)25/h4-5,7-10,13H,6,11-12,14-15H2,1-3H3. The third kappa shape index (κ3) is 4.80. The summed E-state index contributed by atoms with van der Waals surface area (Å²) in [5, 5.41) is 0. The van der Waals surface area contributed by atoms with Crippen molar-refractivity contribution in [3.63, 3.8) is 0 Å². The van der Waals surface area contributed by atoms with Crippen molar-refractivity contribution < 1.29 is 23.8 Å². The predicted molar refractivity (Wildman–Crippen MR) is 110 cm³/mol. The first-order valence-corrected chi connectivity index (χ1v) is 9.50. The molecular formula is C22H26N2O5. The molecule has 0 spiro atoms. The maximum atomic E-state index is 12.5. The van der Waals surface area contributed by atoms with Crippen LogP contribution in [0.1, 0.15) is 18.4 Å². The number of carbonyl (C=O) groups is 2. The Morgan fingerprint density at radius 3 is 2.62 bits per heavy atom. The highest BCUT2D eigenvalue weighted by Crippen LogP contribution is 2.31. The molecule has 0 saturated carbocycles. The van der Waals surface area contributed by atoms with Gasteiger partial charge in [0.1, 0.15) is 5.75 Å². The number of rotatable bonds is 8. The Morgan fingerprint density at radius 2 is 1.93 bits per heavy atom. The third-order valence-corrected chi connectivity index (χ3v) is 4.88. The normalized spacial score (nSPS) is 13.3. The molecule has 1 heterocycles. The number of amides is 2. The molecule has 0 radical (unpaired) electrons. The van der Waals surface area contributed by atoms with Gasteiger partial charge in [-0.05, 0) is 24.6 Å².